The molecule has 0 fully saturated rings. The number of nitrogens with one attached hydrogen (secondary N) is 1. The number of thioether (sulfide) groups is 2. The molecule has 0 aliphatic carbocycles. The number of fused-ring (bicyclic) bond motifs is 2. The first-order chi connectivity index (χ1) is 17.2. The van der Waals surface area contributed by atoms with Crippen molar-refractivity contribution in [2.45, 2.75) is 14.4 Å². The van der Waals surface area contributed by atoms with Crippen LogP contribution in [0, 0.1) is 0 Å². The highest BCUT2D eigenvalue weighted by atomic mass is 32.2. The highest BCUT2D eigenvalue weighted by Crippen LogP contribution is 2.32. The van der Waals surface area contributed by atoms with Crippen LogP contribution in [0.3, 0.4) is 0 Å². The Morgan fingerprint density at radius 2 is 1.57 bits per heavy atom. The molecule has 0 aliphatic heterocycles. The van der Waals surface area contributed by atoms with Crippen molar-refractivity contribution in [3.63, 3.8) is 0 Å². The van der Waals surface area contributed by atoms with E-state index < -0.39 is 0 Å². The van der Waals surface area contributed by atoms with E-state index in [1.807, 2.05) is 36.4 Å². The smallest absolute Gasteiger partial charge is 0.250 e. The SMILES string of the molecule is O=C(CSc1nnc(SCc2cccc3ccccc23)s1)N/N=C/c1c(O)ccc2ccccc12. The van der Waals surface area contributed by atoms with Crippen LogP contribution in [-0.2, 0) is 10.5 Å². The Bertz CT molecular complexity index is 1530. The topological polar surface area (TPSA) is 87.5 Å². The minimum Gasteiger partial charge on any atom is -0.507 e. The molecule has 0 unspecified atom stereocenters. The molecule has 2 N–H and O–H groups in total. The zero-order valence-electron chi connectivity index (χ0n) is 18.4. The van der Waals surface area contributed by atoms with E-state index in [2.05, 4.69) is 57.1 Å². The molecule has 0 aliphatic rings. The molecule has 0 spiro atoms. The van der Waals surface area contributed by atoms with Crippen molar-refractivity contribution in [3.8, 4) is 5.75 Å². The maximum absolute atomic E-state index is 12.2. The summed E-state index contributed by atoms with van der Waals surface area (Å²) in [5.74, 6) is 0.822. The van der Waals surface area contributed by atoms with E-state index in [1.54, 1.807) is 17.8 Å². The number of amides is 1. The van der Waals surface area contributed by atoms with Crippen LogP contribution in [0.15, 0.2) is 92.6 Å². The molecule has 4 aromatic carbocycles. The zero-order chi connectivity index (χ0) is 24.0. The number of phenols is 1. The molecule has 0 bridgehead atoms. The third-order valence-corrected chi connectivity index (χ3v) is 8.52. The van der Waals surface area contributed by atoms with Crippen molar-refractivity contribution in [2.75, 3.05) is 5.75 Å². The van der Waals surface area contributed by atoms with Gasteiger partial charge in [0.1, 0.15) is 5.75 Å². The van der Waals surface area contributed by atoms with Gasteiger partial charge in [-0.1, -0.05) is 108 Å². The Kier molecular flexibility index (Phi) is 7.27. The largest absolute Gasteiger partial charge is 0.507 e. The third-order valence-electron chi connectivity index (χ3n) is 5.28. The summed E-state index contributed by atoms with van der Waals surface area (Å²) in [6, 6.07) is 25.8. The van der Waals surface area contributed by atoms with Gasteiger partial charge in [-0.05, 0) is 33.2 Å². The van der Waals surface area contributed by atoms with Crippen LogP contribution in [0.5, 0.6) is 5.75 Å². The summed E-state index contributed by atoms with van der Waals surface area (Å²) in [6.45, 7) is 0. The van der Waals surface area contributed by atoms with Gasteiger partial charge >= 0.3 is 0 Å². The van der Waals surface area contributed by atoms with Gasteiger partial charge in [0.25, 0.3) is 5.91 Å². The Balaban J connectivity index is 1.14. The predicted octanol–water partition coefficient (Wildman–Crippen LogP) is 6.08. The van der Waals surface area contributed by atoms with Crippen molar-refractivity contribution in [1.82, 2.24) is 15.6 Å². The number of benzene rings is 4. The van der Waals surface area contributed by atoms with E-state index in [4.69, 9.17) is 0 Å². The van der Waals surface area contributed by atoms with Crippen LogP contribution in [0.25, 0.3) is 21.5 Å². The van der Waals surface area contributed by atoms with Gasteiger partial charge in [0.15, 0.2) is 8.68 Å². The van der Waals surface area contributed by atoms with E-state index >= 15 is 0 Å². The Hall–Kier alpha value is -3.40. The molecule has 0 radical (unpaired) electrons. The number of rotatable bonds is 8. The average Bonchev–Trinajstić information content (AvgIpc) is 3.35. The van der Waals surface area contributed by atoms with E-state index in [9.17, 15) is 9.90 Å². The quantitative estimate of drug-likeness (QED) is 0.148. The summed E-state index contributed by atoms with van der Waals surface area (Å²) < 4.78 is 1.60. The van der Waals surface area contributed by atoms with E-state index in [1.165, 1.54) is 45.6 Å². The summed E-state index contributed by atoms with van der Waals surface area (Å²) in [5, 5.41) is 27.0. The molecule has 0 saturated heterocycles. The molecule has 1 heterocycles. The standard InChI is InChI=1S/C26H20N4O2S3/c31-23-13-12-18-7-2-4-11-21(18)22(23)14-27-28-24(32)16-34-26-30-29-25(35-26)33-15-19-9-5-8-17-6-1-3-10-20(17)19/h1-14,31H,15-16H2,(H,28,32)/b27-14+. The lowest BCUT2D eigenvalue weighted by molar-refractivity contribution is -0.118. The molecule has 35 heavy (non-hydrogen) atoms. The Labute approximate surface area is 214 Å². The number of aromatic hydroxyl groups is 1. The molecule has 174 valence electrons. The van der Waals surface area contributed by atoms with Crippen LogP contribution in [0.2, 0.25) is 0 Å². The summed E-state index contributed by atoms with van der Waals surface area (Å²) in [6.07, 6.45) is 1.47. The maximum Gasteiger partial charge on any atom is 0.250 e. The zero-order valence-corrected chi connectivity index (χ0v) is 20.9. The predicted molar refractivity (Wildman–Crippen MR) is 145 cm³/mol. The van der Waals surface area contributed by atoms with Crippen LogP contribution in [-0.4, -0.2) is 33.2 Å². The maximum atomic E-state index is 12.2. The summed E-state index contributed by atoms with van der Waals surface area (Å²) in [4.78, 5) is 12.2. The van der Waals surface area contributed by atoms with Gasteiger partial charge in [0, 0.05) is 11.3 Å². The number of carbonyl (C=O) groups is 1. The highest BCUT2D eigenvalue weighted by molar-refractivity contribution is 8.03. The number of hydrazone groups is 1. The molecular weight excluding hydrogens is 497 g/mol. The second-order valence-corrected chi connectivity index (χ2v) is 11.0. The summed E-state index contributed by atoms with van der Waals surface area (Å²) >= 11 is 4.44. The molecule has 0 saturated carbocycles. The lowest BCUT2D eigenvalue weighted by atomic mass is 10.0. The first-order valence-electron chi connectivity index (χ1n) is 10.8. The minimum atomic E-state index is -0.258. The molecule has 9 heteroatoms. The lowest BCUT2D eigenvalue weighted by Crippen LogP contribution is -2.19. The van der Waals surface area contributed by atoms with Crippen LogP contribution < -0.4 is 5.43 Å². The lowest BCUT2D eigenvalue weighted by Gasteiger charge is -2.04. The second-order valence-electron chi connectivity index (χ2n) is 7.56. The van der Waals surface area contributed by atoms with Gasteiger partial charge in [-0.25, -0.2) is 5.43 Å². The van der Waals surface area contributed by atoms with Crippen molar-refractivity contribution >= 4 is 68.5 Å². The van der Waals surface area contributed by atoms with Gasteiger partial charge in [-0.2, -0.15) is 5.10 Å². The first kappa shape index (κ1) is 23.3. The molecule has 5 rings (SSSR count). The molecule has 1 amide bonds. The highest BCUT2D eigenvalue weighted by Gasteiger charge is 2.10. The summed E-state index contributed by atoms with van der Waals surface area (Å²) in [7, 11) is 0. The fraction of sp³-hybridized carbons (Fsp3) is 0.0769. The molecule has 5 aromatic rings. The number of phenolic OH excluding ortho intramolecular Hbond substituents is 1. The van der Waals surface area contributed by atoms with Crippen LogP contribution in [0.4, 0.5) is 0 Å². The van der Waals surface area contributed by atoms with Gasteiger partial charge in [0.2, 0.25) is 0 Å². The van der Waals surface area contributed by atoms with Gasteiger partial charge in [-0.3, -0.25) is 4.79 Å². The summed E-state index contributed by atoms with van der Waals surface area (Å²) in [5.41, 5.74) is 4.33. The van der Waals surface area contributed by atoms with Gasteiger partial charge < -0.3 is 5.11 Å². The fourth-order valence-electron chi connectivity index (χ4n) is 3.62. The normalized spacial score (nSPS) is 11.4. The van der Waals surface area contributed by atoms with Crippen LogP contribution >= 0.6 is 34.9 Å². The first-order valence-corrected chi connectivity index (χ1v) is 13.5. The van der Waals surface area contributed by atoms with Crippen LogP contribution in [0.1, 0.15) is 11.1 Å². The molecule has 0 atom stereocenters. The third kappa shape index (κ3) is 5.64. The van der Waals surface area contributed by atoms with E-state index in [-0.39, 0.29) is 17.4 Å². The number of hydrogen-bond acceptors (Lipinski definition) is 8. The Morgan fingerprint density at radius 1 is 0.886 bits per heavy atom. The number of carbonyl (C=O) groups excluding carboxylic acids is 1. The number of hydrogen-bond donors (Lipinski definition) is 2. The average molecular weight is 517 g/mol. The second kappa shape index (κ2) is 10.9. The van der Waals surface area contributed by atoms with E-state index in [0.717, 1.165) is 25.2 Å². The monoisotopic (exact) mass is 516 g/mol. The minimum absolute atomic E-state index is 0.110. The van der Waals surface area contributed by atoms with Gasteiger partial charge in [0.05, 0.1) is 12.0 Å². The number of nitrogens with zero attached hydrogens (tertiary/aromatic N) is 3. The van der Waals surface area contributed by atoms with Crippen molar-refractivity contribution in [2.24, 2.45) is 5.10 Å². The Morgan fingerprint density at radius 3 is 2.40 bits per heavy atom. The van der Waals surface area contributed by atoms with Crippen molar-refractivity contribution in [1.29, 1.82) is 0 Å². The molecular formula is C26H20N4O2S3. The van der Waals surface area contributed by atoms with Crippen molar-refractivity contribution < 1.29 is 9.90 Å². The molecule has 6 nitrogen and oxygen atoms in total. The number of aromatic nitrogens is 2. The molecule has 1 aromatic heterocycles. The van der Waals surface area contributed by atoms with Crippen molar-refractivity contribution in [3.05, 3.63) is 90.0 Å². The fourth-order valence-corrected chi connectivity index (χ4v) is 6.44. The van der Waals surface area contributed by atoms with E-state index in [0.29, 0.717) is 5.56 Å². The van der Waals surface area contributed by atoms with Gasteiger partial charge in [-0.15, -0.1) is 10.2 Å².